The summed E-state index contributed by atoms with van der Waals surface area (Å²) in [6.07, 6.45) is 4.93. The number of aliphatic hydroxyl groups is 1. The number of quaternary nitrogens is 1. The van der Waals surface area contributed by atoms with Gasteiger partial charge in [-0.05, 0) is 30.7 Å². The number of nitrogens with two attached hydrogens (primary N) is 1. The first-order valence-electron chi connectivity index (χ1n) is 8.27. The van der Waals surface area contributed by atoms with Gasteiger partial charge in [0.25, 0.3) is 5.88 Å². The smallest absolute Gasteiger partial charge is 0.271 e. The summed E-state index contributed by atoms with van der Waals surface area (Å²) in [4.78, 5) is 6.46. The summed E-state index contributed by atoms with van der Waals surface area (Å²) in [6, 6.07) is 11.8. The van der Waals surface area contributed by atoms with E-state index in [1.54, 1.807) is 17.3 Å². The van der Waals surface area contributed by atoms with Crippen LogP contribution in [0.5, 0.6) is 0 Å². The van der Waals surface area contributed by atoms with E-state index in [0.717, 1.165) is 30.2 Å². The lowest BCUT2D eigenvalue weighted by Gasteiger charge is -2.38. The summed E-state index contributed by atoms with van der Waals surface area (Å²) in [5.41, 5.74) is 6.85. The van der Waals surface area contributed by atoms with Gasteiger partial charge in [0.2, 0.25) is 0 Å². The maximum atomic E-state index is 10.8. The van der Waals surface area contributed by atoms with Crippen molar-refractivity contribution in [2.75, 3.05) is 23.1 Å². The number of nitrogens with zero attached hydrogens (tertiary/aromatic N) is 4. The number of rotatable bonds is 2. The Hall–Kier alpha value is -2.74. The normalized spacial score (nSPS) is 18.0. The number of pyridine rings is 1. The van der Waals surface area contributed by atoms with Crippen LogP contribution >= 0.6 is 11.6 Å². The maximum absolute atomic E-state index is 10.8. The number of hydrogen-bond acceptors (Lipinski definition) is 6. The summed E-state index contributed by atoms with van der Waals surface area (Å²) in [6.45, 7) is 2.12. The van der Waals surface area contributed by atoms with Gasteiger partial charge >= 0.3 is 0 Å². The van der Waals surface area contributed by atoms with Crippen LogP contribution in [0.4, 0.5) is 11.4 Å². The molecule has 1 aromatic carbocycles. The number of para-hydroxylation sites is 1. The molecule has 0 unspecified atom stereocenters. The average molecular weight is 372 g/mol. The van der Waals surface area contributed by atoms with Crippen LogP contribution in [0.3, 0.4) is 0 Å². The number of likely N-dealkylation sites (tertiary alicyclic amines) is 1. The van der Waals surface area contributed by atoms with Crippen molar-refractivity contribution in [2.45, 2.75) is 6.42 Å². The molecule has 7 nitrogen and oxygen atoms in total. The fraction of sp³-hybridized carbons (Fsp3) is 0.167. The second kappa shape index (κ2) is 6.21. The molecule has 1 fully saturated rings. The molecule has 0 amide bonds. The highest BCUT2D eigenvalue weighted by molar-refractivity contribution is 6.29. The van der Waals surface area contributed by atoms with Crippen molar-refractivity contribution in [1.29, 1.82) is 0 Å². The third-order valence-electron chi connectivity index (χ3n) is 4.85. The van der Waals surface area contributed by atoms with Gasteiger partial charge in [0.1, 0.15) is 16.5 Å². The van der Waals surface area contributed by atoms with Crippen molar-refractivity contribution >= 4 is 28.7 Å². The third kappa shape index (κ3) is 2.40. The van der Waals surface area contributed by atoms with Gasteiger partial charge in [0.15, 0.2) is 5.70 Å². The van der Waals surface area contributed by atoms with Crippen molar-refractivity contribution in [3.05, 3.63) is 71.0 Å². The van der Waals surface area contributed by atoms with Gasteiger partial charge in [-0.25, -0.2) is 4.98 Å². The van der Waals surface area contributed by atoms with Gasteiger partial charge in [-0.1, -0.05) is 29.8 Å². The maximum Gasteiger partial charge on any atom is 0.271 e. The molecule has 0 radical (unpaired) electrons. The molecule has 2 aromatic rings. The van der Waals surface area contributed by atoms with Crippen LogP contribution in [0.15, 0.2) is 60.3 Å². The van der Waals surface area contributed by atoms with Gasteiger partial charge in [-0.2, -0.15) is 5.01 Å². The number of halogens is 1. The molecule has 0 spiro atoms. The van der Waals surface area contributed by atoms with E-state index >= 15 is 0 Å². The molecular weight excluding hydrogens is 354 g/mol. The monoisotopic (exact) mass is 371 g/mol. The minimum absolute atomic E-state index is 0. The zero-order chi connectivity index (χ0) is 17.0. The van der Waals surface area contributed by atoms with Crippen molar-refractivity contribution in [1.82, 2.24) is 9.88 Å². The van der Waals surface area contributed by atoms with Crippen molar-refractivity contribution in [3.8, 4) is 0 Å². The van der Waals surface area contributed by atoms with Crippen LogP contribution < -0.4 is 15.6 Å². The molecular formula is C18H18ClN5O2. The zero-order valence-corrected chi connectivity index (χ0v) is 14.6. The summed E-state index contributed by atoms with van der Waals surface area (Å²) in [5, 5.41) is 15.0. The van der Waals surface area contributed by atoms with Crippen LogP contribution in [0.2, 0.25) is 5.15 Å². The number of hydrogen-bond donors (Lipinski definition) is 2. The Morgan fingerprint density at radius 3 is 2.58 bits per heavy atom. The molecule has 1 saturated heterocycles. The molecule has 134 valence electrons. The predicted molar refractivity (Wildman–Crippen MR) is 98.3 cm³/mol. The predicted octanol–water partition coefficient (Wildman–Crippen LogP) is 2.07. The molecule has 4 N–H and O–H groups in total. The Kier molecular flexibility index (Phi) is 3.99. The lowest BCUT2D eigenvalue weighted by Crippen LogP contribution is -2.99. The molecule has 4 heterocycles. The minimum atomic E-state index is 0. The summed E-state index contributed by atoms with van der Waals surface area (Å²) >= 11 is 5.88. The van der Waals surface area contributed by atoms with Crippen LogP contribution in [0.25, 0.3) is 5.70 Å². The minimum Gasteiger partial charge on any atom is -0.870 e. The highest BCUT2D eigenvalue weighted by Crippen LogP contribution is 2.39. The number of aliphatic hydroxyl groups excluding tert-OH is 1. The number of benzene rings is 1. The van der Waals surface area contributed by atoms with Crippen LogP contribution in [-0.2, 0) is 0 Å². The molecule has 3 aliphatic heterocycles. The SMILES string of the molecule is OC1=C2C=C(N3CCC3)c3ccccc3N2[NH2+]N1c1ccc(Cl)nc1.[OH-]. The second-order valence-corrected chi connectivity index (χ2v) is 6.68. The van der Waals surface area contributed by atoms with Gasteiger partial charge in [0.05, 0.1) is 6.20 Å². The van der Waals surface area contributed by atoms with Gasteiger partial charge in [0, 0.05) is 24.4 Å². The topological polar surface area (TPSA) is 89.5 Å². The Morgan fingerprint density at radius 1 is 1.08 bits per heavy atom. The highest BCUT2D eigenvalue weighted by atomic mass is 35.5. The molecule has 3 aliphatic rings. The zero-order valence-electron chi connectivity index (χ0n) is 13.9. The van der Waals surface area contributed by atoms with E-state index in [1.807, 2.05) is 22.7 Å². The Balaban J connectivity index is 0.00000168. The molecule has 0 saturated carbocycles. The summed E-state index contributed by atoms with van der Waals surface area (Å²) < 4.78 is 0. The number of aromatic nitrogens is 1. The van der Waals surface area contributed by atoms with Crippen molar-refractivity contribution < 1.29 is 16.1 Å². The standard InChI is InChI=1S/C18H16ClN5O.H2O/c19-17-7-6-12(11-20-17)23-18(25)16-10-15(22-8-3-9-22)13-4-1-2-5-14(13)24(16)21-23;/h1-2,4-7,10-11,21,25H,3,8-9H2;1H2. The van der Waals surface area contributed by atoms with E-state index < -0.39 is 0 Å². The van der Waals surface area contributed by atoms with E-state index in [9.17, 15) is 5.11 Å². The van der Waals surface area contributed by atoms with Crippen LogP contribution in [0.1, 0.15) is 12.0 Å². The molecule has 1 aromatic heterocycles. The average Bonchev–Trinajstić information content (AvgIpc) is 2.92. The molecule has 8 heteroatoms. The lowest BCUT2D eigenvalue weighted by molar-refractivity contribution is -0.661. The Bertz CT molecular complexity index is 908. The Labute approximate surface area is 155 Å². The first kappa shape index (κ1) is 16.7. The van der Waals surface area contributed by atoms with Gasteiger partial charge in [-0.3, -0.25) is 0 Å². The largest absolute Gasteiger partial charge is 0.870 e. The molecule has 0 atom stereocenters. The first-order chi connectivity index (χ1) is 12.2. The highest BCUT2D eigenvalue weighted by Gasteiger charge is 2.40. The summed E-state index contributed by atoms with van der Waals surface area (Å²) in [7, 11) is 0. The molecule has 0 bridgehead atoms. The molecule has 5 rings (SSSR count). The van der Waals surface area contributed by atoms with Gasteiger partial charge in [-0.15, -0.1) is 10.5 Å². The Morgan fingerprint density at radius 2 is 1.88 bits per heavy atom. The fourth-order valence-corrected chi connectivity index (χ4v) is 3.53. The lowest BCUT2D eigenvalue weighted by atomic mass is 10.0. The molecule has 0 aliphatic carbocycles. The van der Waals surface area contributed by atoms with E-state index in [4.69, 9.17) is 11.6 Å². The van der Waals surface area contributed by atoms with Crippen LogP contribution in [0, 0.1) is 0 Å². The number of allylic oxidation sites excluding steroid dienone is 1. The van der Waals surface area contributed by atoms with Gasteiger partial charge < -0.3 is 15.5 Å². The van der Waals surface area contributed by atoms with E-state index in [0.29, 0.717) is 5.15 Å². The second-order valence-electron chi connectivity index (χ2n) is 6.29. The number of fused-ring (bicyclic) bond motifs is 3. The van der Waals surface area contributed by atoms with E-state index in [1.165, 1.54) is 17.7 Å². The quantitative estimate of drug-likeness (QED) is 0.620. The number of anilines is 2. The van der Waals surface area contributed by atoms with E-state index in [-0.39, 0.29) is 11.4 Å². The van der Waals surface area contributed by atoms with Crippen LogP contribution in [-0.4, -0.2) is 33.6 Å². The van der Waals surface area contributed by atoms with Crippen molar-refractivity contribution in [3.63, 3.8) is 0 Å². The first-order valence-corrected chi connectivity index (χ1v) is 8.64. The van der Waals surface area contributed by atoms with Crippen molar-refractivity contribution in [2.24, 2.45) is 0 Å². The summed E-state index contributed by atoms with van der Waals surface area (Å²) in [5.74, 6) is 0.191. The fourth-order valence-electron chi connectivity index (χ4n) is 3.42. The van der Waals surface area contributed by atoms with E-state index in [2.05, 4.69) is 34.2 Å². The molecule has 26 heavy (non-hydrogen) atoms. The third-order valence-corrected chi connectivity index (χ3v) is 5.07.